The van der Waals surface area contributed by atoms with Crippen LogP contribution < -0.4 is 9.47 Å². The quantitative estimate of drug-likeness (QED) is 0.837. The number of Topliss-reactive ketones (excluding diaryl/α,β-unsaturated/α-hetero) is 1. The zero-order valence-corrected chi connectivity index (χ0v) is 11.9. The number of methoxy groups -OCH3 is 2. The number of hydrogen-bond acceptors (Lipinski definition) is 4. The molecule has 1 heterocycles. The van der Waals surface area contributed by atoms with E-state index < -0.39 is 0 Å². The summed E-state index contributed by atoms with van der Waals surface area (Å²) in [5, 5.41) is 0. The smallest absolute Gasteiger partial charge is 0.164 e. The van der Waals surface area contributed by atoms with E-state index in [-0.39, 0.29) is 17.8 Å². The Balaban J connectivity index is 2.35. The van der Waals surface area contributed by atoms with Crippen LogP contribution in [0.1, 0.15) is 25.0 Å². The first-order chi connectivity index (χ1) is 9.08. The third-order valence-electron chi connectivity index (χ3n) is 3.49. The van der Waals surface area contributed by atoms with Gasteiger partial charge in [0.05, 0.1) is 20.8 Å². The zero-order valence-electron chi connectivity index (χ0n) is 11.9. The minimum absolute atomic E-state index is 0.0249. The normalized spacial score (nSPS) is 18.1. The molecule has 0 fully saturated rings. The predicted octanol–water partition coefficient (Wildman–Crippen LogP) is 2.37. The van der Waals surface area contributed by atoms with E-state index in [4.69, 9.17) is 14.2 Å². The lowest BCUT2D eigenvalue weighted by Crippen LogP contribution is -2.33. The molecule has 1 aromatic rings. The molecule has 1 atom stereocenters. The highest BCUT2D eigenvalue weighted by Crippen LogP contribution is 2.36. The van der Waals surface area contributed by atoms with Gasteiger partial charge >= 0.3 is 0 Å². The van der Waals surface area contributed by atoms with Crippen LogP contribution in [0.25, 0.3) is 0 Å². The molecule has 104 valence electrons. The fraction of sp³-hybridized carbons (Fsp3) is 0.533. The van der Waals surface area contributed by atoms with Crippen molar-refractivity contribution >= 4 is 5.78 Å². The molecule has 0 saturated heterocycles. The van der Waals surface area contributed by atoms with Crippen molar-refractivity contribution < 1.29 is 19.0 Å². The topological polar surface area (TPSA) is 44.8 Å². The van der Waals surface area contributed by atoms with Gasteiger partial charge in [0.2, 0.25) is 0 Å². The second-order valence-corrected chi connectivity index (χ2v) is 4.99. The largest absolute Gasteiger partial charge is 0.496 e. The van der Waals surface area contributed by atoms with Gasteiger partial charge in [0.25, 0.3) is 0 Å². The number of hydrogen-bond donors (Lipinski definition) is 0. The zero-order chi connectivity index (χ0) is 14.0. The molecule has 2 rings (SSSR count). The molecule has 0 N–H and O–H groups in total. The number of ketones is 1. The summed E-state index contributed by atoms with van der Waals surface area (Å²) in [6, 6.07) is 3.74. The molecule has 0 radical (unpaired) electrons. The highest BCUT2D eigenvalue weighted by molar-refractivity contribution is 5.85. The highest BCUT2D eigenvalue weighted by atomic mass is 16.5. The molecule has 1 unspecified atom stereocenters. The molecular weight excluding hydrogens is 244 g/mol. The highest BCUT2D eigenvalue weighted by Gasteiger charge is 2.30. The molecule has 1 aromatic carbocycles. The Kier molecular flexibility index (Phi) is 4.10. The number of benzene rings is 1. The third-order valence-corrected chi connectivity index (χ3v) is 3.49. The van der Waals surface area contributed by atoms with Gasteiger partial charge in [-0.15, -0.1) is 0 Å². The van der Waals surface area contributed by atoms with E-state index in [1.54, 1.807) is 14.2 Å². The van der Waals surface area contributed by atoms with Crippen molar-refractivity contribution in [3.63, 3.8) is 0 Å². The van der Waals surface area contributed by atoms with Crippen LogP contribution in [0.2, 0.25) is 0 Å². The van der Waals surface area contributed by atoms with Gasteiger partial charge in [-0.25, -0.2) is 0 Å². The Morgan fingerprint density at radius 2 is 1.79 bits per heavy atom. The monoisotopic (exact) mass is 264 g/mol. The molecule has 4 heteroatoms. The van der Waals surface area contributed by atoms with Crippen molar-refractivity contribution in [2.45, 2.75) is 33.0 Å². The predicted molar refractivity (Wildman–Crippen MR) is 71.7 cm³/mol. The summed E-state index contributed by atoms with van der Waals surface area (Å²) in [7, 11) is 3.27. The molecule has 19 heavy (non-hydrogen) atoms. The van der Waals surface area contributed by atoms with E-state index in [2.05, 4.69) is 0 Å². The molecule has 0 spiro atoms. The van der Waals surface area contributed by atoms with Crippen LogP contribution in [0.15, 0.2) is 12.1 Å². The maximum absolute atomic E-state index is 12.1. The average Bonchev–Trinajstić information content (AvgIpc) is 2.44. The van der Waals surface area contributed by atoms with Gasteiger partial charge in [0.1, 0.15) is 17.6 Å². The maximum atomic E-state index is 12.1. The second kappa shape index (κ2) is 5.61. The standard InChI is InChI=1S/C15H20O4/c1-9(2)15(16)14-7-10-11(8-19-14)13(18-4)6-5-12(10)17-3/h5-6,9,14H,7-8H2,1-4H3. The van der Waals surface area contributed by atoms with Crippen molar-refractivity contribution in [3.05, 3.63) is 23.3 Å². The van der Waals surface area contributed by atoms with E-state index in [0.29, 0.717) is 13.0 Å². The van der Waals surface area contributed by atoms with E-state index in [1.165, 1.54) is 0 Å². The van der Waals surface area contributed by atoms with E-state index in [1.807, 2.05) is 26.0 Å². The molecule has 0 aliphatic carbocycles. The van der Waals surface area contributed by atoms with Gasteiger partial charge in [-0.3, -0.25) is 4.79 Å². The fourth-order valence-electron chi connectivity index (χ4n) is 2.40. The number of rotatable bonds is 4. The summed E-state index contributed by atoms with van der Waals surface area (Å²) >= 11 is 0. The van der Waals surface area contributed by atoms with Crippen molar-refractivity contribution in [2.24, 2.45) is 5.92 Å². The minimum Gasteiger partial charge on any atom is -0.496 e. The average molecular weight is 264 g/mol. The summed E-state index contributed by atoms with van der Waals surface area (Å²) in [6.45, 7) is 4.17. The van der Waals surface area contributed by atoms with E-state index >= 15 is 0 Å². The number of carbonyl (C=O) groups excluding carboxylic acids is 1. The van der Waals surface area contributed by atoms with Gasteiger partial charge < -0.3 is 14.2 Å². The number of ether oxygens (including phenoxy) is 3. The Hall–Kier alpha value is -1.55. The lowest BCUT2D eigenvalue weighted by molar-refractivity contribution is -0.135. The van der Waals surface area contributed by atoms with Crippen LogP contribution in [-0.4, -0.2) is 26.1 Å². The van der Waals surface area contributed by atoms with E-state index in [9.17, 15) is 4.79 Å². The summed E-state index contributed by atoms with van der Waals surface area (Å²) in [4.78, 5) is 12.1. The Morgan fingerprint density at radius 3 is 2.32 bits per heavy atom. The molecule has 0 amide bonds. The van der Waals surface area contributed by atoms with Crippen LogP contribution >= 0.6 is 0 Å². The molecule has 0 aromatic heterocycles. The van der Waals surface area contributed by atoms with Crippen molar-refractivity contribution in [3.8, 4) is 11.5 Å². The Bertz CT molecular complexity index is 479. The first-order valence-corrected chi connectivity index (χ1v) is 6.46. The van der Waals surface area contributed by atoms with Gasteiger partial charge in [-0.1, -0.05) is 13.8 Å². The third kappa shape index (κ3) is 2.59. The SMILES string of the molecule is COc1ccc(OC)c2c1COC(C(=O)C(C)C)C2. The van der Waals surface area contributed by atoms with Crippen LogP contribution in [0.5, 0.6) is 11.5 Å². The van der Waals surface area contributed by atoms with Gasteiger partial charge in [-0.2, -0.15) is 0 Å². The molecule has 1 aliphatic rings. The van der Waals surface area contributed by atoms with Crippen LogP contribution in [0.3, 0.4) is 0 Å². The first-order valence-electron chi connectivity index (χ1n) is 6.46. The lowest BCUT2D eigenvalue weighted by atomic mass is 9.92. The summed E-state index contributed by atoms with van der Waals surface area (Å²) in [5.74, 6) is 1.69. The van der Waals surface area contributed by atoms with Crippen LogP contribution in [0, 0.1) is 5.92 Å². The summed E-state index contributed by atoms with van der Waals surface area (Å²) < 4.78 is 16.4. The maximum Gasteiger partial charge on any atom is 0.164 e. The first kappa shape index (κ1) is 13.9. The molecule has 0 saturated carbocycles. The van der Waals surface area contributed by atoms with Gasteiger partial charge in [0, 0.05) is 23.5 Å². The van der Waals surface area contributed by atoms with Crippen molar-refractivity contribution in [2.75, 3.05) is 14.2 Å². The Morgan fingerprint density at radius 1 is 1.21 bits per heavy atom. The second-order valence-electron chi connectivity index (χ2n) is 4.99. The molecule has 1 aliphatic heterocycles. The van der Waals surface area contributed by atoms with Crippen molar-refractivity contribution in [1.82, 2.24) is 0 Å². The van der Waals surface area contributed by atoms with E-state index in [0.717, 1.165) is 22.6 Å². The number of fused-ring (bicyclic) bond motifs is 1. The Labute approximate surface area is 113 Å². The van der Waals surface area contributed by atoms with Gasteiger partial charge in [-0.05, 0) is 12.1 Å². The van der Waals surface area contributed by atoms with Crippen LogP contribution in [-0.2, 0) is 22.6 Å². The lowest BCUT2D eigenvalue weighted by Gasteiger charge is -2.28. The molecule has 4 nitrogen and oxygen atoms in total. The summed E-state index contributed by atoms with van der Waals surface area (Å²) in [6.07, 6.45) is 0.167. The minimum atomic E-state index is -0.381. The number of carbonyl (C=O) groups is 1. The van der Waals surface area contributed by atoms with Crippen LogP contribution in [0.4, 0.5) is 0 Å². The van der Waals surface area contributed by atoms with Crippen molar-refractivity contribution in [1.29, 1.82) is 0 Å². The molecular formula is C15H20O4. The summed E-state index contributed by atoms with van der Waals surface area (Å²) in [5.41, 5.74) is 2.00. The fourth-order valence-corrected chi connectivity index (χ4v) is 2.40. The van der Waals surface area contributed by atoms with Gasteiger partial charge in [0.15, 0.2) is 5.78 Å². The molecule has 0 bridgehead atoms.